The molecule has 39 heavy (non-hydrogen) atoms. The van der Waals surface area contributed by atoms with E-state index in [1.165, 1.54) is 24.8 Å². The molecule has 198 valence electrons. The van der Waals surface area contributed by atoms with E-state index in [9.17, 15) is 0 Å². The SMILES string of the molecule is CC1(C)CNCC[C@H]1Nc1nc(-c2ccnc(Nc3cc4ccccn4n3)c2)nc2cncc(C3CCC3)c12. The zero-order valence-electron chi connectivity index (χ0n) is 22.4. The molecule has 7 rings (SSSR count). The number of hydrogen-bond donors (Lipinski definition) is 3. The number of nitrogens with one attached hydrogen (secondary N) is 3. The molecule has 2 fully saturated rings. The van der Waals surface area contributed by atoms with Gasteiger partial charge in [-0.3, -0.25) is 4.98 Å². The Labute approximate surface area is 227 Å². The Morgan fingerprint density at radius 3 is 2.77 bits per heavy atom. The molecule has 3 N–H and O–H groups in total. The fourth-order valence-electron chi connectivity index (χ4n) is 5.74. The highest BCUT2D eigenvalue weighted by Gasteiger charge is 2.33. The van der Waals surface area contributed by atoms with Gasteiger partial charge in [-0.1, -0.05) is 26.3 Å². The molecule has 1 saturated heterocycles. The summed E-state index contributed by atoms with van der Waals surface area (Å²) in [5.41, 5.74) is 4.15. The van der Waals surface area contributed by atoms with Crippen LogP contribution in [0.25, 0.3) is 27.8 Å². The Kier molecular flexibility index (Phi) is 5.88. The molecular formula is C30H33N9. The van der Waals surface area contributed by atoms with Crippen LogP contribution in [0.2, 0.25) is 0 Å². The van der Waals surface area contributed by atoms with Crippen molar-refractivity contribution in [2.45, 2.75) is 51.5 Å². The molecule has 9 nitrogen and oxygen atoms in total. The van der Waals surface area contributed by atoms with E-state index in [-0.39, 0.29) is 5.41 Å². The molecule has 9 heteroatoms. The van der Waals surface area contributed by atoms with E-state index in [0.717, 1.165) is 53.1 Å². The maximum absolute atomic E-state index is 5.17. The lowest BCUT2D eigenvalue weighted by Crippen LogP contribution is -2.49. The van der Waals surface area contributed by atoms with Crippen molar-refractivity contribution in [2.75, 3.05) is 23.7 Å². The summed E-state index contributed by atoms with van der Waals surface area (Å²) in [6, 6.07) is 12.2. The summed E-state index contributed by atoms with van der Waals surface area (Å²) in [6.45, 7) is 6.60. The molecule has 0 aromatic carbocycles. The summed E-state index contributed by atoms with van der Waals surface area (Å²) >= 11 is 0. The van der Waals surface area contributed by atoms with Crippen molar-refractivity contribution in [3.05, 3.63) is 66.7 Å². The minimum Gasteiger partial charge on any atom is -0.366 e. The largest absolute Gasteiger partial charge is 0.366 e. The number of pyridine rings is 3. The molecule has 1 aliphatic heterocycles. The number of anilines is 3. The summed E-state index contributed by atoms with van der Waals surface area (Å²) in [7, 11) is 0. The Hall–Kier alpha value is -4.11. The lowest BCUT2D eigenvalue weighted by atomic mass is 9.78. The summed E-state index contributed by atoms with van der Waals surface area (Å²) < 4.78 is 1.84. The van der Waals surface area contributed by atoms with E-state index in [1.807, 2.05) is 59.5 Å². The van der Waals surface area contributed by atoms with E-state index in [4.69, 9.17) is 9.97 Å². The highest BCUT2D eigenvalue weighted by molar-refractivity contribution is 5.93. The van der Waals surface area contributed by atoms with Gasteiger partial charge in [-0.2, -0.15) is 5.10 Å². The highest BCUT2D eigenvalue weighted by Crippen LogP contribution is 2.42. The summed E-state index contributed by atoms with van der Waals surface area (Å²) in [6.07, 6.45) is 12.3. The predicted octanol–water partition coefficient (Wildman–Crippen LogP) is 5.55. The number of hydrogen-bond acceptors (Lipinski definition) is 8. The molecule has 0 spiro atoms. The average Bonchev–Trinajstić information content (AvgIpc) is 3.31. The van der Waals surface area contributed by atoms with Crippen LogP contribution in [-0.2, 0) is 0 Å². The van der Waals surface area contributed by atoms with Crippen LogP contribution in [0.5, 0.6) is 0 Å². The van der Waals surface area contributed by atoms with Crippen LogP contribution in [0, 0.1) is 5.41 Å². The Bertz CT molecular complexity index is 1620. The summed E-state index contributed by atoms with van der Waals surface area (Å²) in [5, 5.41) is 16.5. The van der Waals surface area contributed by atoms with Gasteiger partial charge in [-0.25, -0.2) is 19.5 Å². The van der Waals surface area contributed by atoms with E-state index < -0.39 is 0 Å². The van der Waals surface area contributed by atoms with Crippen molar-refractivity contribution in [3.63, 3.8) is 0 Å². The topological polar surface area (TPSA) is 105 Å². The first-order valence-corrected chi connectivity index (χ1v) is 13.8. The summed E-state index contributed by atoms with van der Waals surface area (Å²) in [4.78, 5) is 19.3. The van der Waals surface area contributed by atoms with Crippen molar-refractivity contribution in [1.82, 2.24) is 34.9 Å². The van der Waals surface area contributed by atoms with Crippen molar-refractivity contribution >= 4 is 33.9 Å². The fraction of sp³-hybridized carbons (Fsp3) is 0.367. The Morgan fingerprint density at radius 2 is 1.95 bits per heavy atom. The molecule has 1 atom stereocenters. The van der Waals surface area contributed by atoms with Gasteiger partial charge in [0.05, 0.1) is 17.2 Å². The Balaban J connectivity index is 1.28. The standard InChI is InChI=1S/C30H33N9/c1-30(2)18-31-11-10-24(30)35-29-27-22(19-6-5-7-19)16-32-17-23(27)34-28(37-29)20-9-12-33-25(14-20)36-26-15-21-8-3-4-13-39(21)38-26/h3-4,8-9,12-17,19,24,31H,5-7,10-11,18H2,1-2H3,(H,33,36,38)(H,34,35,37)/t24-/m1/s1. The van der Waals surface area contributed by atoms with Gasteiger partial charge in [0.1, 0.15) is 11.6 Å². The first-order valence-electron chi connectivity index (χ1n) is 13.8. The third-order valence-electron chi connectivity index (χ3n) is 8.27. The highest BCUT2D eigenvalue weighted by atomic mass is 15.3. The molecule has 2 aliphatic rings. The van der Waals surface area contributed by atoms with Gasteiger partial charge in [0.15, 0.2) is 11.6 Å². The molecule has 0 amide bonds. The maximum atomic E-state index is 5.17. The minimum absolute atomic E-state index is 0.0984. The van der Waals surface area contributed by atoms with E-state index in [2.05, 4.69) is 44.9 Å². The number of aromatic nitrogens is 6. The van der Waals surface area contributed by atoms with Crippen molar-refractivity contribution in [2.24, 2.45) is 5.41 Å². The number of nitrogens with zero attached hydrogens (tertiary/aromatic N) is 6. The quantitative estimate of drug-likeness (QED) is 0.268. The number of rotatable bonds is 6. The normalized spacial score (nSPS) is 19.2. The van der Waals surface area contributed by atoms with Crippen LogP contribution in [0.1, 0.15) is 51.0 Å². The Morgan fingerprint density at radius 1 is 1.03 bits per heavy atom. The molecule has 0 bridgehead atoms. The van der Waals surface area contributed by atoms with Crippen molar-refractivity contribution in [1.29, 1.82) is 0 Å². The number of fused-ring (bicyclic) bond motifs is 2. The average molecular weight is 520 g/mol. The van der Waals surface area contributed by atoms with E-state index in [1.54, 1.807) is 6.20 Å². The first-order chi connectivity index (χ1) is 19.0. The van der Waals surface area contributed by atoms with Crippen LogP contribution in [0.3, 0.4) is 0 Å². The van der Waals surface area contributed by atoms with Gasteiger partial charge in [0.25, 0.3) is 0 Å². The zero-order chi connectivity index (χ0) is 26.4. The van der Waals surface area contributed by atoms with Crippen LogP contribution in [0.15, 0.2) is 61.2 Å². The second kappa shape index (κ2) is 9.57. The van der Waals surface area contributed by atoms with Crippen LogP contribution >= 0.6 is 0 Å². The van der Waals surface area contributed by atoms with Gasteiger partial charge in [-0.15, -0.1) is 0 Å². The van der Waals surface area contributed by atoms with Gasteiger partial charge in [0, 0.05) is 48.2 Å². The molecule has 0 radical (unpaired) electrons. The van der Waals surface area contributed by atoms with Gasteiger partial charge < -0.3 is 16.0 Å². The molecule has 5 aromatic rings. The third kappa shape index (κ3) is 4.57. The van der Waals surface area contributed by atoms with E-state index in [0.29, 0.717) is 23.6 Å². The lowest BCUT2D eigenvalue weighted by molar-refractivity contribution is 0.236. The van der Waals surface area contributed by atoms with Crippen molar-refractivity contribution < 1.29 is 0 Å². The lowest BCUT2D eigenvalue weighted by Gasteiger charge is -2.40. The smallest absolute Gasteiger partial charge is 0.162 e. The first kappa shape index (κ1) is 24.0. The van der Waals surface area contributed by atoms with Crippen LogP contribution in [0.4, 0.5) is 17.5 Å². The maximum Gasteiger partial charge on any atom is 0.162 e. The minimum atomic E-state index is 0.0984. The molecular weight excluding hydrogens is 486 g/mol. The molecule has 6 heterocycles. The van der Waals surface area contributed by atoms with Gasteiger partial charge in [0.2, 0.25) is 0 Å². The zero-order valence-corrected chi connectivity index (χ0v) is 22.4. The fourth-order valence-corrected chi connectivity index (χ4v) is 5.74. The third-order valence-corrected chi connectivity index (χ3v) is 8.27. The van der Waals surface area contributed by atoms with Gasteiger partial charge in [-0.05, 0) is 67.0 Å². The van der Waals surface area contributed by atoms with Gasteiger partial charge >= 0.3 is 0 Å². The van der Waals surface area contributed by atoms with Crippen molar-refractivity contribution in [3.8, 4) is 11.4 Å². The predicted molar refractivity (Wildman–Crippen MR) is 154 cm³/mol. The second-order valence-electron chi connectivity index (χ2n) is 11.5. The molecule has 1 aliphatic carbocycles. The monoisotopic (exact) mass is 519 g/mol. The second-order valence-corrected chi connectivity index (χ2v) is 11.5. The van der Waals surface area contributed by atoms with E-state index >= 15 is 0 Å². The van der Waals surface area contributed by atoms with Crippen LogP contribution < -0.4 is 16.0 Å². The molecule has 0 unspecified atom stereocenters. The molecule has 5 aromatic heterocycles. The summed E-state index contributed by atoms with van der Waals surface area (Å²) in [5.74, 6) is 3.51. The number of piperidine rings is 1. The molecule has 1 saturated carbocycles. The van der Waals surface area contributed by atoms with Crippen LogP contribution in [-0.4, -0.2) is 48.7 Å².